The van der Waals surface area contributed by atoms with Gasteiger partial charge in [-0.15, -0.1) is 11.3 Å². The Bertz CT molecular complexity index is 281. The van der Waals surface area contributed by atoms with Gasteiger partial charge in [-0.25, -0.2) is 0 Å². The zero-order valence-corrected chi connectivity index (χ0v) is 9.05. The predicted molar refractivity (Wildman–Crippen MR) is 58.3 cm³/mol. The Kier molecular flexibility index (Phi) is 3.53. The lowest BCUT2D eigenvalue weighted by atomic mass is 10.3. The van der Waals surface area contributed by atoms with E-state index in [0.29, 0.717) is 6.54 Å². The summed E-state index contributed by atoms with van der Waals surface area (Å²) in [6.07, 6.45) is 0. The molecule has 4 heteroatoms. The van der Waals surface area contributed by atoms with Crippen LogP contribution in [0.3, 0.4) is 0 Å². The van der Waals surface area contributed by atoms with Gasteiger partial charge in [-0.05, 0) is 12.1 Å². The largest absolute Gasteiger partial charge is 0.379 e. The zero-order chi connectivity index (χ0) is 9.80. The van der Waals surface area contributed by atoms with Crippen molar-refractivity contribution in [2.24, 2.45) is 5.73 Å². The number of nitrogens with two attached hydrogens (primary N) is 1. The summed E-state index contributed by atoms with van der Waals surface area (Å²) in [6, 6.07) is 4.31. The molecule has 78 valence electrons. The third-order valence-electron chi connectivity index (χ3n) is 2.40. The summed E-state index contributed by atoms with van der Waals surface area (Å²) in [5.41, 5.74) is 5.57. The summed E-state index contributed by atoms with van der Waals surface area (Å²) in [6.45, 7) is 5.55. The van der Waals surface area contributed by atoms with Gasteiger partial charge in [0.25, 0.3) is 0 Å². The van der Waals surface area contributed by atoms with Crippen LogP contribution in [-0.4, -0.2) is 31.2 Å². The molecule has 3 nitrogen and oxygen atoms in total. The van der Waals surface area contributed by atoms with Gasteiger partial charge in [0.2, 0.25) is 0 Å². The van der Waals surface area contributed by atoms with Crippen molar-refractivity contribution >= 4 is 11.3 Å². The second-order valence-corrected chi connectivity index (χ2v) is 4.71. The first-order valence-electron chi connectivity index (χ1n) is 4.96. The van der Waals surface area contributed by atoms with Crippen LogP contribution in [0.5, 0.6) is 0 Å². The molecule has 14 heavy (non-hydrogen) atoms. The first-order valence-corrected chi connectivity index (χ1v) is 5.78. The predicted octanol–water partition coefficient (Wildman–Crippen LogP) is 1.04. The van der Waals surface area contributed by atoms with E-state index in [2.05, 4.69) is 17.0 Å². The van der Waals surface area contributed by atoms with Gasteiger partial charge in [0.15, 0.2) is 0 Å². The highest BCUT2D eigenvalue weighted by atomic mass is 32.1. The molecule has 0 saturated carbocycles. The zero-order valence-electron chi connectivity index (χ0n) is 8.24. The Morgan fingerprint density at radius 2 is 2.00 bits per heavy atom. The minimum Gasteiger partial charge on any atom is -0.379 e. The summed E-state index contributed by atoms with van der Waals surface area (Å²) < 4.78 is 5.31. The summed E-state index contributed by atoms with van der Waals surface area (Å²) in [5.74, 6) is 0. The first kappa shape index (κ1) is 10.1. The van der Waals surface area contributed by atoms with E-state index in [1.54, 1.807) is 0 Å². The number of rotatable bonds is 3. The Morgan fingerprint density at radius 3 is 2.64 bits per heavy atom. The molecular weight excluding hydrogens is 196 g/mol. The number of hydrogen-bond acceptors (Lipinski definition) is 4. The molecule has 0 unspecified atom stereocenters. The average Bonchev–Trinajstić information content (AvgIpc) is 2.67. The molecule has 2 rings (SSSR count). The van der Waals surface area contributed by atoms with E-state index in [-0.39, 0.29) is 0 Å². The van der Waals surface area contributed by atoms with Crippen molar-refractivity contribution in [2.75, 3.05) is 26.3 Å². The maximum absolute atomic E-state index is 5.57. The summed E-state index contributed by atoms with van der Waals surface area (Å²) in [7, 11) is 0. The van der Waals surface area contributed by atoms with Crippen LogP contribution in [-0.2, 0) is 17.8 Å². The average molecular weight is 212 g/mol. The molecule has 0 bridgehead atoms. The molecule has 2 heterocycles. The van der Waals surface area contributed by atoms with Gasteiger partial charge in [0.05, 0.1) is 13.2 Å². The molecule has 1 aromatic heterocycles. The molecule has 0 atom stereocenters. The molecule has 1 aliphatic rings. The smallest absolute Gasteiger partial charge is 0.0594 e. The SMILES string of the molecule is NCc1ccc(CN2CCOCC2)s1. The molecule has 2 N–H and O–H groups in total. The van der Waals surface area contributed by atoms with Crippen molar-refractivity contribution in [1.29, 1.82) is 0 Å². The highest BCUT2D eigenvalue weighted by molar-refractivity contribution is 7.11. The molecule has 1 aromatic rings. The van der Waals surface area contributed by atoms with Crippen LogP contribution in [0.4, 0.5) is 0 Å². The maximum Gasteiger partial charge on any atom is 0.0594 e. The van der Waals surface area contributed by atoms with Crippen LogP contribution in [0.2, 0.25) is 0 Å². The number of thiophene rings is 1. The van der Waals surface area contributed by atoms with Crippen molar-refractivity contribution in [2.45, 2.75) is 13.1 Å². The lowest BCUT2D eigenvalue weighted by Crippen LogP contribution is -2.35. The minimum atomic E-state index is 0.660. The molecule has 1 fully saturated rings. The van der Waals surface area contributed by atoms with E-state index in [1.165, 1.54) is 9.75 Å². The van der Waals surface area contributed by atoms with Gasteiger partial charge >= 0.3 is 0 Å². The van der Waals surface area contributed by atoms with E-state index >= 15 is 0 Å². The van der Waals surface area contributed by atoms with Crippen molar-refractivity contribution in [1.82, 2.24) is 4.90 Å². The minimum absolute atomic E-state index is 0.660. The van der Waals surface area contributed by atoms with Crippen LogP contribution in [0.15, 0.2) is 12.1 Å². The summed E-state index contributed by atoms with van der Waals surface area (Å²) in [4.78, 5) is 5.11. The fraction of sp³-hybridized carbons (Fsp3) is 0.600. The Balaban J connectivity index is 1.89. The van der Waals surface area contributed by atoms with Gasteiger partial charge < -0.3 is 10.5 Å². The number of ether oxygens (including phenoxy) is 1. The second kappa shape index (κ2) is 4.89. The molecule has 0 radical (unpaired) electrons. The summed E-state index contributed by atoms with van der Waals surface area (Å²) >= 11 is 1.82. The van der Waals surface area contributed by atoms with Gasteiger partial charge in [0, 0.05) is 35.9 Å². The third-order valence-corrected chi connectivity index (χ3v) is 3.49. The van der Waals surface area contributed by atoms with Gasteiger partial charge in [-0.2, -0.15) is 0 Å². The van der Waals surface area contributed by atoms with Crippen molar-refractivity contribution in [3.05, 3.63) is 21.9 Å². The lowest BCUT2D eigenvalue weighted by molar-refractivity contribution is 0.0346. The van der Waals surface area contributed by atoms with Crippen molar-refractivity contribution < 1.29 is 4.74 Å². The van der Waals surface area contributed by atoms with Gasteiger partial charge in [-0.1, -0.05) is 0 Å². The van der Waals surface area contributed by atoms with Crippen LogP contribution in [0, 0.1) is 0 Å². The number of nitrogens with zero attached hydrogens (tertiary/aromatic N) is 1. The van der Waals surface area contributed by atoms with E-state index in [9.17, 15) is 0 Å². The standard InChI is InChI=1S/C10H16N2OS/c11-7-9-1-2-10(14-9)8-12-3-5-13-6-4-12/h1-2H,3-8,11H2. The monoisotopic (exact) mass is 212 g/mol. The normalized spacial score (nSPS) is 18.6. The van der Waals surface area contributed by atoms with E-state index in [4.69, 9.17) is 10.5 Å². The van der Waals surface area contributed by atoms with Crippen molar-refractivity contribution in [3.8, 4) is 0 Å². The summed E-state index contributed by atoms with van der Waals surface area (Å²) in [5, 5.41) is 0. The highest BCUT2D eigenvalue weighted by Crippen LogP contribution is 2.18. The van der Waals surface area contributed by atoms with E-state index in [0.717, 1.165) is 32.8 Å². The Morgan fingerprint density at radius 1 is 1.29 bits per heavy atom. The molecule has 0 spiro atoms. The molecule has 0 amide bonds. The fourth-order valence-electron chi connectivity index (χ4n) is 1.60. The molecular formula is C10H16N2OS. The molecule has 0 aromatic carbocycles. The fourth-order valence-corrected chi connectivity index (χ4v) is 2.54. The van der Waals surface area contributed by atoms with Crippen LogP contribution in [0.25, 0.3) is 0 Å². The van der Waals surface area contributed by atoms with Crippen LogP contribution >= 0.6 is 11.3 Å². The van der Waals surface area contributed by atoms with Gasteiger partial charge in [0.1, 0.15) is 0 Å². The number of hydrogen-bond donors (Lipinski definition) is 1. The first-order chi connectivity index (χ1) is 6.88. The van der Waals surface area contributed by atoms with Crippen LogP contribution < -0.4 is 5.73 Å². The Hall–Kier alpha value is -0.420. The molecule has 1 aliphatic heterocycles. The molecule has 1 saturated heterocycles. The van der Waals surface area contributed by atoms with Crippen LogP contribution in [0.1, 0.15) is 9.75 Å². The van der Waals surface area contributed by atoms with Gasteiger partial charge in [-0.3, -0.25) is 4.90 Å². The number of morpholine rings is 1. The lowest BCUT2D eigenvalue weighted by Gasteiger charge is -2.25. The maximum atomic E-state index is 5.57. The quantitative estimate of drug-likeness (QED) is 0.813. The topological polar surface area (TPSA) is 38.5 Å². The third kappa shape index (κ3) is 2.54. The van der Waals surface area contributed by atoms with Crippen molar-refractivity contribution in [3.63, 3.8) is 0 Å². The highest BCUT2D eigenvalue weighted by Gasteiger charge is 2.11. The second-order valence-electron chi connectivity index (χ2n) is 3.46. The van der Waals surface area contributed by atoms with E-state index in [1.807, 2.05) is 11.3 Å². The Labute approximate surface area is 88.5 Å². The van der Waals surface area contributed by atoms with E-state index < -0.39 is 0 Å². The molecule has 0 aliphatic carbocycles.